The molecule has 1 N–H and O–H groups in total. The van der Waals surface area contributed by atoms with E-state index in [4.69, 9.17) is 4.74 Å². The Morgan fingerprint density at radius 2 is 2.03 bits per heavy atom. The van der Waals surface area contributed by atoms with Crippen molar-refractivity contribution in [3.63, 3.8) is 0 Å². The highest BCUT2D eigenvalue weighted by atomic mass is 32.2. The first-order valence-electron chi connectivity index (χ1n) is 8.94. The van der Waals surface area contributed by atoms with Gasteiger partial charge in [0.25, 0.3) is 5.91 Å². The Balaban J connectivity index is 1.84. The molecule has 0 spiro atoms. The van der Waals surface area contributed by atoms with Crippen molar-refractivity contribution >= 4 is 29.0 Å². The largest absolute Gasteiger partial charge is 0.497 e. The third kappa shape index (κ3) is 5.57. The molecule has 0 aliphatic carbocycles. The monoisotopic (exact) mass is 463 g/mol. The van der Waals surface area contributed by atoms with Gasteiger partial charge in [0.2, 0.25) is 0 Å². The van der Waals surface area contributed by atoms with E-state index in [1.165, 1.54) is 18.4 Å². The van der Waals surface area contributed by atoms with Gasteiger partial charge in [-0.2, -0.15) is 18.4 Å². The lowest BCUT2D eigenvalue weighted by Crippen LogP contribution is -2.24. The molecule has 1 aromatic carbocycles. The van der Waals surface area contributed by atoms with Crippen LogP contribution in [0.1, 0.15) is 20.8 Å². The predicted molar refractivity (Wildman–Crippen MR) is 113 cm³/mol. The van der Waals surface area contributed by atoms with Gasteiger partial charge in [-0.15, -0.1) is 23.1 Å². The Morgan fingerprint density at radius 1 is 1.29 bits per heavy atom. The summed E-state index contributed by atoms with van der Waals surface area (Å²) in [6.07, 6.45) is -4.71. The molecule has 10 heteroatoms. The van der Waals surface area contributed by atoms with E-state index >= 15 is 0 Å². The number of benzene rings is 1. The van der Waals surface area contributed by atoms with E-state index in [1.54, 1.807) is 47.8 Å². The molecule has 31 heavy (non-hydrogen) atoms. The van der Waals surface area contributed by atoms with Crippen molar-refractivity contribution in [3.8, 4) is 23.1 Å². The summed E-state index contributed by atoms with van der Waals surface area (Å²) in [5, 5.41) is 13.8. The van der Waals surface area contributed by atoms with Gasteiger partial charge in [0.05, 0.1) is 28.8 Å². The van der Waals surface area contributed by atoms with E-state index < -0.39 is 17.3 Å². The number of thiophene rings is 1. The lowest BCUT2D eigenvalue weighted by molar-refractivity contribution is -0.138. The number of thioether (sulfide) groups is 1. The van der Waals surface area contributed by atoms with Crippen LogP contribution in [0.2, 0.25) is 0 Å². The number of nitrogens with zero attached hydrogens (tertiary/aromatic N) is 2. The van der Waals surface area contributed by atoms with Crippen molar-refractivity contribution in [2.45, 2.75) is 11.2 Å². The van der Waals surface area contributed by atoms with Gasteiger partial charge < -0.3 is 10.1 Å². The van der Waals surface area contributed by atoms with Gasteiger partial charge in [-0.1, -0.05) is 6.07 Å². The fourth-order valence-electron chi connectivity index (χ4n) is 2.67. The fourth-order valence-corrected chi connectivity index (χ4v) is 4.17. The van der Waals surface area contributed by atoms with Gasteiger partial charge in [-0.25, -0.2) is 4.98 Å². The second kappa shape index (κ2) is 9.85. The molecule has 2 heterocycles. The summed E-state index contributed by atoms with van der Waals surface area (Å²) in [5.41, 5.74) is -1.01. The first kappa shape index (κ1) is 22.7. The van der Waals surface area contributed by atoms with Gasteiger partial charge in [-0.3, -0.25) is 4.79 Å². The number of nitrogens with one attached hydrogen (secondary N) is 1. The van der Waals surface area contributed by atoms with Crippen LogP contribution in [-0.2, 0) is 6.18 Å². The van der Waals surface area contributed by atoms with Crippen LogP contribution < -0.4 is 10.1 Å². The number of alkyl halides is 3. The predicted octanol–water partition coefficient (Wildman–Crippen LogP) is 5.23. The molecule has 0 aliphatic heterocycles. The number of nitriles is 1. The van der Waals surface area contributed by atoms with Crippen LogP contribution in [-0.4, -0.2) is 30.3 Å². The minimum atomic E-state index is -4.71. The molecule has 0 atom stereocenters. The molecule has 0 radical (unpaired) electrons. The maximum atomic E-state index is 13.6. The molecule has 160 valence electrons. The highest BCUT2D eigenvalue weighted by Crippen LogP contribution is 2.38. The van der Waals surface area contributed by atoms with Crippen LogP contribution in [0.4, 0.5) is 13.2 Å². The van der Waals surface area contributed by atoms with E-state index in [9.17, 15) is 23.2 Å². The van der Waals surface area contributed by atoms with Crippen molar-refractivity contribution < 1.29 is 22.7 Å². The van der Waals surface area contributed by atoms with Crippen molar-refractivity contribution in [3.05, 3.63) is 63.8 Å². The van der Waals surface area contributed by atoms with Crippen LogP contribution in [0.25, 0.3) is 11.3 Å². The molecule has 0 bridgehead atoms. The first-order valence-corrected chi connectivity index (χ1v) is 10.8. The van der Waals surface area contributed by atoms with Gasteiger partial charge in [0, 0.05) is 17.9 Å². The van der Waals surface area contributed by atoms with Crippen molar-refractivity contribution in [1.82, 2.24) is 10.3 Å². The van der Waals surface area contributed by atoms with E-state index in [0.29, 0.717) is 16.2 Å². The number of methoxy groups -OCH3 is 1. The maximum absolute atomic E-state index is 13.6. The second-order valence-corrected chi connectivity index (χ2v) is 8.19. The number of carbonyl (C=O) groups excluding carboxylic acids is 1. The molecule has 0 saturated carbocycles. The van der Waals surface area contributed by atoms with Gasteiger partial charge in [0.1, 0.15) is 16.8 Å². The third-order valence-electron chi connectivity index (χ3n) is 4.16. The summed E-state index contributed by atoms with van der Waals surface area (Å²) < 4.78 is 45.9. The molecule has 2 aromatic heterocycles. The number of carbonyl (C=O) groups is 1. The van der Waals surface area contributed by atoms with Crippen LogP contribution in [0.15, 0.2) is 52.9 Å². The zero-order chi connectivity index (χ0) is 22.4. The normalized spacial score (nSPS) is 11.1. The quantitative estimate of drug-likeness (QED) is 0.384. The summed E-state index contributed by atoms with van der Waals surface area (Å²) >= 11 is 2.28. The highest BCUT2D eigenvalue weighted by molar-refractivity contribution is 7.99. The molecule has 0 aliphatic rings. The SMILES string of the molecule is COc1ccc(-c2cc(C(F)(F)F)c(C#N)c(SCCNC(=O)c3cccs3)n2)cc1. The average Bonchev–Trinajstić information content (AvgIpc) is 3.30. The Bertz CT molecular complexity index is 1090. The minimum Gasteiger partial charge on any atom is -0.497 e. The maximum Gasteiger partial charge on any atom is 0.417 e. The molecular weight excluding hydrogens is 447 g/mol. The molecule has 0 unspecified atom stereocenters. The third-order valence-corrected chi connectivity index (χ3v) is 6.01. The standard InChI is InChI=1S/C21H16F3N3O2S2/c1-29-14-6-4-13(5-7-14)17-11-16(21(22,23)24)15(12-25)20(27-17)31-10-8-26-19(28)18-3-2-9-30-18/h2-7,9,11H,8,10H2,1H3,(H,26,28). The number of hydrogen-bond donors (Lipinski definition) is 1. The number of pyridine rings is 1. The molecule has 1 amide bonds. The van der Waals surface area contributed by atoms with E-state index in [0.717, 1.165) is 17.8 Å². The summed E-state index contributed by atoms with van der Waals surface area (Å²) in [6.45, 7) is 0.210. The number of amides is 1. The number of rotatable bonds is 7. The van der Waals surface area contributed by atoms with Crippen LogP contribution in [0, 0.1) is 11.3 Å². The smallest absolute Gasteiger partial charge is 0.417 e. The number of halogens is 3. The average molecular weight is 464 g/mol. The van der Waals surface area contributed by atoms with E-state index in [2.05, 4.69) is 10.3 Å². The summed E-state index contributed by atoms with van der Waals surface area (Å²) in [5.74, 6) is 0.555. The molecule has 3 aromatic rings. The first-order chi connectivity index (χ1) is 14.8. The van der Waals surface area contributed by atoms with Gasteiger partial charge >= 0.3 is 6.18 Å². The summed E-state index contributed by atoms with van der Waals surface area (Å²) in [7, 11) is 1.49. The van der Waals surface area contributed by atoms with Crippen LogP contribution in [0.5, 0.6) is 5.75 Å². The van der Waals surface area contributed by atoms with Gasteiger partial charge in [0.15, 0.2) is 0 Å². The lowest BCUT2D eigenvalue weighted by atomic mass is 10.1. The molecule has 5 nitrogen and oxygen atoms in total. The van der Waals surface area contributed by atoms with Crippen molar-refractivity contribution in [1.29, 1.82) is 5.26 Å². The number of aromatic nitrogens is 1. The Kier molecular flexibility index (Phi) is 7.20. The topological polar surface area (TPSA) is 75.0 Å². The zero-order valence-corrected chi connectivity index (χ0v) is 17.8. The summed E-state index contributed by atoms with van der Waals surface area (Å²) in [4.78, 5) is 16.8. The minimum absolute atomic E-state index is 0.0338. The Hall–Kier alpha value is -3.03. The lowest BCUT2D eigenvalue weighted by Gasteiger charge is -2.14. The molecule has 0 fully saturated rings. The Morgan fingerprint density at radius 3 is 2.61 bits per heavy atom. The van der Waals surface area contributed by atoms with Crippen molar-refractivity contribution in [2.24, 2.45) is 0 Å². The number of ether oxygens (including phenoxy) is 1. The highest BCUT2D eigenvalue weighted by Gasteiger charge is 2.36. The number of hydrogen-bond acceptors (Lipinski definition) is 6. The second-order valence-electron chi connectivity index (χ2n) is 6.15. The molecule has 0 saturated heterocycles. The molecular formula is C21H16F3N3O2S2. The van der Waals surface area contributed by atoms with E-state index in [-0.39, 0.29) is 28.9 Å². The van der Waals surface area contributed by atoms with Crippen LogP contribution >= 0.6 is 23.1 Å². The molecule has 3 rings (SSSR count). The van der Waals surface area contributed by atoms with Crippen LogP contribution in [0.3, 0.4) is 0 Å². The van der Waals surface area contributed by atoms with Gasteiger partial charge in [-0.05, 0) is 41.8 Å². The van der Waals surface area contributed by atoms with Crippen molar-refractivity contribution in [2.75, 3.05) is 19.4 Å². The fraction of sp³-hybridized carbons (Fsp3) is 0.190. The Labute approximate surface area is 184 Å². The summed E-state index contributed by atoms with van der Waals surface area (Å²) in [6, 6.07) is 12.4. The zero-order valence-electron chi connectivity index (χ0n) is 16.2. The van der Waals surface area contributed by atoms with E-state index in [1.807, 2.05) is 0 Å².